The number of carbonyl (C=O) groups excluding carboxylic acids is 1. The van der Waals surface area contributed by atoms with Crippen LogP contribution in [-0.2, 0) is 17.5 Å². The fourth-order valence-corrected chi connectivity index (χ4v) is 5.02. The van der Waals surface area contributed by atoms with E-state index in [0.29, 0.717) is 18.9 Å². The summed E-state index contributed by atoms with van der Waals surface area (Å²) in [5.74, 6) is 0.411. The third-order valence-electron chi connectivity index (χ3n) is 6.75. The summed E-state index contributed by atoms with van der Waals surface area (Å²) < 4.78 is 44.0. The molecule has 0 radical (unpaired) electrons. The first kappa shape index (κ1) is 21.9. The van der Waals surface area contributed by atoms with Gasteiger partial charge in [0.05, 0.1) is 24.5 Å². The second kappa shape index (κ2) is 8.81. The number of fused-ring (bicyclic) bond motifs is 2. The molecule has 1 aromatic heterocycles. The maximum absolute atomic E-state index is 12.8. The molecule has 3 saturated heterocycles. The van der Waals surface area contributed by atoms with Gasteiger partial charge in [-0.1, -0.05) is 30.3 Å². The summed E-state index contributed by atoms with van der Waals surface area (Å²) in [6, 6.07) is 10.3. The van der Waals surface area contributed by atoms with Gasteiger partial charge in [-0.05, 0) is 24.8 Å². The lowest BCUT2D eigenvalue weighted by Gasteiger charge is -2.36. The van der Waals surface area contributed by atoms with Crippen LogP contribution in [0.25, 0.3) is 0 Å². The molecule has 0 unspecified atom stereocenters. The van der Waals surface area contributed by atoms with Gasteiger partial charge in [-0.25, -0.2) is 14.8 Å². The van der Waals surface area contributed by atoms with E-state index in [1.54, 1.807) is 4.90 Å². The summed E-state index contributed by atoms with van der Waals surface area (Å²) in [5, 5.41) is 0. The van der Waals surface area contributed by atoms with E-state index in [2.05, 4.69) is 27.0 Å². The van der Waals surface area contributed by atoms with Crippen LogP contribution in [0.1, 0.15) is 30.5 Å². The van der Waals surface area contributed by atoms with Crippen molar-refractivity contribution in [3.8, 4) is 0 Å². The summed E-state index contributed by atoms with van der Waals surface area (Å²) in [5.41, 5.74) is 0.277. The first-order valence-electron chi connectivity index (χ1n) is 11.3. The molecule has 4 heterocycles. The van der Waals surface area contributed by atoms with Gasteiger partial charge in [-0.2, -0.15) is 13.2 Å². The van der Waals surface area contributed by atoms with E-state index < -0.39 is 11.9 Å². The third-order valence-corrected chi connectivity index (χ3v) is 6.75. The quantitative estimate of drug-likeness (QED) is 0.694. The molecule has 7 nitrogen and oxygen atoms in total. The van der Waals surface area contributed by atoms with E-state index in [4.69, 9.17) is 4.74 Å². The van der Waals surface area contributed by atoms with Crippen molar-refractivity contribution >= 4 is 11.9 Å². The zero-order valence-electron chi connectivity index (χ0n) is 18.1. The highest BCUT2D eigenvalue weighted by molar-refractivity contribution is 5.70. The van der Waals surface area contributed by atoms with Gasteiger partial charge in [0.25, 0.3) is 0 Å². The summed E-state index contributed by atoms with van der Waals surface area (Å²) in [4.78, 5) is 26.3. The van der Waals surface area contributed by atoms with E-state index in [-0.39, 0.29) is 24.3 Å². The predicted octanol–water partition coefficient (Wildman–Crippen LogP) is 3.56. The molecule has 3 aliphatic heterocycles. The minimum Gasteiger partial charge on any atom is -0.446 e. The Kier molecular flexibility index (Phi) is 5.86. The third kappa shape index (κ3) is 4.75. The lowest BCUT2D eigenvalue weighted by molar-refractivity contribution is -0.141. The van der Waals surface area contributed by atoms with Gasteiger partial charge in [0.2, 0.25) is 0 Å². The molecular weight excluding hydrogens is 435 g/mol. The van der Waals surface area contributed by atoms with E-state index in [0.717, 1.165) is 51.3 Å². The van der Waals surface area contributed by atoms with Crippen LogP contribution in [-0.4, -0.2) is 70.2 Å². The van der Waals surface area contributed by atoms with Crippen LogP contribution in [0.2, 0.25) is 0 Å². The molecule has 2 aromatic rings. The Labute approximate surface area is 190 Å². The molecule has 0 N–H and O–H groups in total. The van der Waals surface area contributed by atoms with E-state index in [1.807, 2.05) is 23.1 Å². The molecule has 0 saturated carbocycles. The maximum Gasteiger partial charge on any atom is 0.434 e. The van der Waals surface area contributed by atoms with Crippen molar-refractivity contribution in [3.63, 3.8) is 0 Å². The van der Waals surface area contributed by atoms with Crippen LogP contribution in [0.15, 0.2) is 42.7 Å². The van der Waals surface area contributed by atoms with Crippen molar-refractivity contribution in [1.29, 1.82) is 0 Å². The molecule has 2 atom stereocenters. The molecule has 1 aromatic carbocycles. The zero-order valence-corrected chi connectivity index (χ0v) is 18.1. The number of carbonyl (C=O) groups is 1. The van der Waals surface area contributed by atoms with Gasteiger partial charge in [-0.15, -0.1) is 0 Å². The molecule has 5 rings (SSSR count). The summed E-state index contributed by atoms with van der Waals surface area (Å²) in [6.07, 6.45) is -0.571. The lowest BCUT2D eigenvalue weighted by atomic mass is 10.1. The van der Waals surface area contributed by atoms with E-state index >= 15 is 0 Å². The van der Waals surface area contributed by atoms with Crippen LogP contribution in [0.5, 0.6) is 0 Å². The van der Waals surface area contributed by atoms with Crippen molar-refractivity contribution in [1.82, 2.24) is 19.8 Å². The molecule has 3 aliphatic rings. The van der Waals surface area contributed by atoms with Crippen molar-refractivity contribution in [2.24, 2.45) is 0 Å². The van der Waals surface area contributed by atoms with Gasteiger partial charge in [-0.3, -0.25) is 4.90 Å². The number of nitrogens with zero attached hydrogens (tertiary/aromatic N) is 5. The van der Waals surface area contributed by atoms with Crippen LogP contribution in [0.3, 0.4) is 0 Å². The standard InChI is InChI=1S/C23H26F3N5O2/c24-23(25,26)20-11-28-21(12-27-20)30-14-18-10-17(30)15-31(18)22(32)33-19-6-8-29(9-7-19)13-16-4-2-1-3-5-16/h1-5,11-12,17-19H,6-10,13-15H2/t17-,18-/m0/s1. The minimum atomic E-state index is -4.51. The Morgan fingerprint density at radius 1 is 1.03 bits per heavy atom. The zero-order chi connectivity index (χ0) is 23.0. The fourth-order valence-electron chi connectivity index (χ4n) is 5.02. The van der Waals surface area contributed by atoms with Gasteiger partial charge in [0.15, 0.2) is 5.69 Å². The van der Waals surface area contributed by atoms with Crippen LogP contribution in [0, 0.1) is 0 Å². The number of halogens is 3. The number of rotatable bonds is 4. The van der Waals surface area contributed by atoms with E-state index in [9.17, 15) is 18.0 Å². The highest BCUT2D eigenvalue weighted by atomic mass is 19.4. The Morgan fingerprint density at radius 3 is 2.39 bits per heavy atom. The smallest absolute Gasteiger partial charge is 0.434 e. The SMILES string of the molecule is O=C(OC1CCN(Cc2ccccc2)CC1)N1C[C@@H]2C[C@H]1CN2c1cnc(C(F)(F)F)cn1. The van der Waals surface area contributed by atoms with Crippen LogP contribution >= 0.6 is 0 Å². The number of piperidine rings is 1. The highest BCUT2D eigenvalue weighted by Gasteiger charge is 2.47. The number of piperazine rings is 1. The number of alkyl halides is 3. The van der Waals surface area contributed by atoms with Crippen molar-refractivity contribution < 1.29 is 22.7 Å². The normalized spacial score (nSPS) is 23.8. The Hall–Kier alpha value is -2.88. The van der Waals surface area contributed by atoms with Gasteiger partial charge < -0.3 is 14.5 Å². The molecule has 2 bridgehead atoms. The lowest BCUT2D eigenvalue weighted by Crippen LogP contribution is -2.50. The second-order valence-corrected chi connectivity index (χ2v) is 8.95. The molecule has 1 amide bonds. The van der Waals surface area contributed by atoms with Crippen molar-refractivity contribution in [2.45, 2.75) is 50.2 Å². The largest absolute Gasteiger partial charge is 0.446 e. The van der Waals surface area contributed by atoms with Gasteiger partial charge in [0.1, 0.15) is 11.9 Å². The minimum absolute atomic E-state index is 0.0151. The second-order valence-electron chi connectivity index (χ2n) is 8.95. The highest BCUT2D eigenvalue weighted by Crippen LogP contribution is 2.35. The summed E-state index contributed by atoms with van der Waals surface area (Å²) in [7, 11) is 0. The number of likely N-dealkylation sites (tertiary alicyclic amines) is 2. The monoisotopic (exact) mass is 461 g/mol. The summed E-state index contributed by atoms with van der Waals surface area (Å²) >= 11 is 0. The van der Waals surface area contributed by atoms with Gasteiger partial charge in [0, 0.05) is 32.7 Å². The predicted molar refractivity (Wildman–Crippen MR) is 115 cm³/mol. The Morgan fingerprint density at radius 2 is 1.79 bits per heavy atom. The van der Waals surface area contributed by atoms with Crippen molar-refractivity contribution in [3.05, 3.63) is 54.0 Å². The average Bonchev–Trinajstić information content (AvgIpc) is 3.42. The Bertz CT molecular complexity index is 964. The number of aromatic nitrogens is 2. The number of benzene rings is 1. The molecular formula is C23H26F3N5O2. The topological polar surface area (TPSA) is 61.8 Å². The molecule has 3 fully saturated rings. The number of ether oxygens (including phenoxy) is 1. The molecule has 176 valence electrons. The molecule has 0 aliphatic carbocycles. The fraction of sp³-hybridized carbons (Fsp3) is 0.522. The first-order chi connectivity index (χ1) is 15.9. The number of anilines is 1. The van der Waals surface area contributed by atoms with Crippen molar-refractivity contribution in [2.75, 3.05) is 31.1 Å². The molecule has 33 heavy (non-hydrogen) atoms. The number of hydrogen-bond acceptors (Lipinski definition) is 6. The van der Waals surface area contributed by atoms with E-state index in [1.165, 1.54) is 5.56 Å². The van der Waals surface area contributed by atoms with Gasteiger partial charge >= 0.3 is 12.3 Å². The summed E-state index contributed by atoms with van der Waals surface area (Å²) in [6.45, 7) is 3.69. The number of amides is 1. The Balaban J connectivity index is 1.10. The van der Waals surface area contributed by atoms with Crippen LogP contribution in [0.4, 0.5) is 23.8 Å². The maximum atomic E-state index is 12.8. The molecule has 10 heteroatoms. The average molecular weight is 461 g/mol. The van der Waals surface area contributed by atoms with Crippen LogP contribution < -0.4 is 4.90 Å². The number of hydrogen-bond donors (Lipinski definition) is 0. The molecule has 0 spiro atoms. The first-order valence-corrected chi connectivity index (χ1v) is 11.3.